The predicted molar refractivity (Wildman–Crippen MR) is 59.2 cm³/mol. The highest BCUT2D eigenvalue weighted by atomic mass is 15.3. The van der Waals surface area contributed by atoms with Crippen LogP contribution in [0.15, 0.2) is 6.20 Å². The first kappa shape index (κ1) is 10.6. The summed E-state index contributed by atoms with van der Waals surface area (Å²) in [4.78, 5) is 2.44. The maximum absolute atomic E-state index is 5.68. The molecule has 0 atom stereocenters. The Balaban J connectivity index is 2.04. The van der Waals surface area contributed by atoms with Crippen LogP contribution in [-0.4, -0.2) is 40.9 Å². The van der Waals surface area contributed by atoms with Crippen LogP contribution in [0.2, 0.25) is 0 Å². The van der Waals surface area contributed by atoms with Crippen LogP contribution >= 0.6 is 0 Å². The first-order valence-electron chi connectivity index (χ1n) is 5.44. The first-order valence-corrected chi connectivity index (χ1v) is 5.44. The molecule has 0 aromatic carbocycles. The van der Waals surface area contributed by atoms with Gasteiger partial charge in [-0.2, -0.15) is 5.10 Å². The molecule has 2 rings (SSSR count). The van der Waals surface area contributed by atoms with Crippen molar-refractivity contribution in [3.63, 3.8) is 0 Å². The second-order valence-electron chi connectivity index (χ2n) is 3.97. The summed E-state index contributed by atoms with van der Waals surface area (Å²) in [5, 5.41) is 7.60. The van der Waals surface area contributed by atoms with Crippen LogP contribution in [0.4, 0.5) is 0 Å². The number of hydrogen-bond donors (Lipinski definition) is 2. The molecule has 1 aromatic heterocycles. The number of hydrogen-bond acceptors (Lipinski definition) is 4. The first-order chi connectivity index (χ1) is 7.31. The molecule has 0 spiro atoms. The van der Waals surface area contributed by atoms with Crippen molar-refractivity contribution >= 4 is 0 Å². The largest absolute Gasteiger partial charge is 0.326 e. The molecule has 0 saturated carbocycles. The average Bonchev–Trinajstić information content (AvgIpc) is 2.62. The Morgan fingerprint density at radius 1 is 1.47 bits per heavy atom. The minimum absolute atomic E-state index is 0.579. The third-order valence-electron chi connectivity index (χ3n) is 2.95. The number of nitrogens with zero attached hydrogens (tertiary/aromatic N) is 3. The predicted octanol–water partition coefficient (Wildman–Crippen LogP) is -0.716. The number of nitrogens with two attached hydrogens (primary N) is 1. The number of nitrogens with one attached hydrogen (secondary N) is 1. The topological polar surface area (TPSA) is 59.1 Å². The molecule has 3 N–H and O–H groups in total. The molecular weight excluding hydrogens is 190 g/mol. The van der Waals surface area contributed by atoms with Crippen LogP contribution in [0.3, 0.4) is 0 Å². The van der Waals surface area contributed by atoms with Gasteiger partial charge in [0.2, 0.25) is 0 Å². The summed E-state index contributed by atoms with van der Waals surface area (Å²) >= 11 is 0. The van der Waals surface area contributed by atoms with Crippen molar-refractivity contribution in [1.29, 1.82) is 0 Å². The standard InChI is InChI=1S/C10H19N5/c1-14-10(9(6-11)7-13-14)8-15-4-2-12-3-5-15/h7,12H,2-6,8,11H2,1H3. The van der Waals surface area contributed by atoms with Crippen LogP contribution in [0, 0.1) is 0 Å². The Labute approximate surface area is 90.2 Å². The second kappa shape index (κ2) is 4.74. The van der Waals surface area contributed by atoms with Crippen LogP contribution in [-0.2, 0) is 20.1 Å². The van der Waals surface area contributed by atoms with Gasteiger partial charge in [0.15, 0.2) is 0 Å². The minimum Gasteiger partial charge on any atom is -0.326 e. The third kappa shape index (κ3) is 2.37. The molecule has 84 valence electrons. The Kier molecular flexibility index (Phi) is 3.35. The summed E-state index contributed by atoms with van der Waals surface area (Å²) in [5.41, 5.74) is 8.10. The van der Waals surface area contributed by atoms with Gasteiger partial charge in [0.05, 0.1) is 11.9 Å². The fourth-order valence-corrected chi connectivity index (χ4v) is 1.96. The van der Waals surface area contributed by atoms with Gasteiger partial charge in [-0.3, -0.25) is 9.58 Å². The van der Waals surface area contributed by atoms with Crippen molar-refractivity contribution in [2.24, 2.45) is 12.8 Å². The summed E-state index contributed by atoms with van der Waals surface area (Å²) in [5.74, 6) is 0. The van der Waals surface area contributed by atoms with Crippen LogP contribution in [0.1, 0.15) is 11.3 Å². The van der Waals surface area contributed by atoms with Gasteiger partial charge >= 0.3 is 0 Å². The zero-order chi connectivity index (χ0) is 10.7. The molecular formula is C10H19N5. The van der Waals surface area contributed by atoms with Gasteiger partial charge in [0.1, 0.15) is 0 Å². The quantitative estimate of drug-likeness (QED) is 0.690. The summed E-state index contributed by atoms with van der Waals surface area (Å²) in [7, 11) is 1.98. The van der Waals surface area contributed by atoms with Crippen LogP contribution in [0.5, 0.6) is 0 Å². The molecule has 15 heavy (non-hydrogen) atoms. The smallest absolute Gasteiger partial charge is 0.0565 e. The average molecular weight is 209 g/mol. The monoisotopic (exact) mass is 209 g/mol. The van der Waals surface area contributed by atoms with E-state index in [0.29, 0.717) is 6.54 Å². The fraction of sp³-hybridized carbons (Fsp3) is 0.700. The maximum atomic E-state index is 5.68. The number of aryl methyl sites for hydroxylation is 1. The van der Waals surface area contributed by atoms with E-state index in [1.807, 2.05) is 17.9 Å². The molecule has 1 aliphatic rings. The lowest BCUT2D eigenvalue weighted by atomic mass is 10.2. The number of rotatable bonds is 3. The van der Waals surface area contributed by atoms with Crippen molar-refractivity contribution in [3.05, 3.63) is 17.5 Å². The molecule has 0 radical (unpaired) electrons. The van der Waals surface area contributed by atoms with E-state index in [9.17, 15) is 0 Å². The minimum atomic E-state index is 0.579. The van der Waals surface area contributed by atoms with Crippen molar-refractivity contribution < 1.29 is 0 Å². The lowest BCUT2D eigenvalue weighted by Crippen LogP contribution is -2.43. The molecule has 5 heteroatoms. The molecule has 1 aliphatic heterocycles. The summed E-state index contributed by atoms with van der Waals surface area (Å²) < 4.78 is 1.93. The lowest BCUT2D eigenvalue weighted by Gasteiger charge is -2.27. The third-order valence-corrected chi connectivity index (χ3v) is 2.95. The van der Waals surface area contributed by atoms with Crippen molar-refractivity contribution in [1.82, 2.24) is 20.0 Å². The van der Waals surface area contributed by atoms with Gasteiger partial charge in [-0.15, -0.1) is 0 Å². The number of aromatic nitrogens is 2. The summed E-state index contributed by atoms with van der Waals surface area (Å²) in [6.07, 6.45) is 1.87. The lowest BCUT2D eigenvalue weighted by molar-refractivity contribution is 0.227. The van der Waals surface area contributed by atoms with Gasteiger partial charge in [0.25, 0.3) is 0 Å². The van der Waals surface area contributed by atoms with E-state index in [4.69, 9.17) is 5.73 Å². The van der Waals surface area contributed by atoms with E-state index >= 15 is 0 Å². The highest BCUT2D eigenvalue weighted by molar-refractivity contribution is 5.17. The highest BCUT2D eigenvalue weighted by Crippen LogP contribution is 2.10. The molecule has 5 nitrogen and oxygen atoms in total. The van der Waals surface area contributed by atoms with Crippen molar-refractivity contribution in [3.8, 4) is 0 Å². The molecule has 0 unspecified atom stereocenters. The van der Waals surface area contributed by atoms with Gasteiger partial charge in [-0.05, 0) is 0 Å². The maximum Gasteiger partial charge on any atom is 0.0565 e. The second-order valence-corrected chi connectivity index (χ2v) is 3.97. The molecule has 2 heterocycles. The van der Waals surface area contributed by atoms with Crippen molar-refractivity contribution in [2.75, 3.05) is 26.2 Å². The van der Waals surface area contributed by atoms with Crippen LogP contribution < -0.4 is 11.1 Å². The molecule has 0 amide bonds. The van der Waals surface area contributed by atoms with E-state index in [2.05, 4.69) is 15.3 Å². The highest BCUT2D eigenvalue weighted by Gasteiger charge is 2.14. The molecule has 0 bridgehead atoms. The summed E-state index contributed by atoms with van der Waals surface area (Å²) in [6.45, 7) is 5.91. The molecule has 1 aromatic rings. The zero-order valence-corrected chi connectivity index (χ0v) is 9.24. The normalized spacial score (nSPS) is 18.3. The fourth-order valence-electron chi connectivity index (χ4n) is 1.96. The van der Waals surface area contributed by atoms with E-state index in [-0.39, 0.29) is 0 Å². The molecule has 0 aliphatic carbocycles. The van der Waals surface area contributed by atoms with Gasteiger partial charge in [-0.1, -0.05) is 0 Å². The van der Waals surface area contributed by atoms with E-state index < -0.39 is 0 Å². The van der Waals surface area contributed by atoms with Gasteiger partial charge in [0, 0.05) is 51.9 Å². The van der Waals surface area contributed by atoms with E-state index in [0.717, 1.165) is 38.3 Å². The van der Waals surface area contributed by atoms with Gasteiger partial charge < -0.3 is 11.1 Å². The van der Waals surface area contributed by atoms with E-state index in [1.54, 1.807) is 0 Å². The molecule has 1 fully saturated rings. The Bertz CT molecular complexity index is 314. The Morgan fingerprint density at radius 3 is 2.87 bits per heavy atom. The molecule has 1 saturated heterocycles. The zero-order valence-electron chi connectivity index (χ0n) is 9.24. The number of piperazine rings is 1. The SMILES string of the molecule is Cn1ncc(CN)c1CN1CCNCC1. The van der Waals surface area contributed by atoms with Crippen molar-refractivity contribution in [2.45, 2.75) is 13.1 Å². The van der Waals surface area contributed by atoms with Crippen LogP contribution in [0.25, 0.3) is 0 Å². The summed E-state index contributed by atoms with van der Waals surface area (Å²) in [6, 6.07) is 0. The Hall–Kier alpha value is -0.910. The van der Waals surface area contributed by atoms with Gasteiger partial charge in [-0.25, -0.2) is 0 Å². The van der Waals surface area contributed by atoms with E-state index in [1.165, 1.54) is 5.69 Å². The Morgan fingerprint density at radius 2 is 2.20 bits per heavy atom.